The van der Waals surface area contributed by atoms with Gasteiger partial charge in [-0.1, -0.05) is 37.3 Å². The van der Waals surface area contributed by atoms with Gasteiger partial charge in [0.05, 0.1) is 0 Å². The number of amides is 1. The fourth-order valence-corrected chi connectivity index (χ4v) is 4.10. The summed E-state index contributed by atoms with van der Waals surface area (Å²) in [5.41, 5.74) is 9.43. The van der Waals surface area contributed by atoms with Crippen molar-refractivity contribution in [3.63, 3.8) is 0 Å². The first kappa shape index (κ1) is 19.8. The Bertz CT molecular complexity index is 872. The third-order valence-corrected chi connectivity index (χ3v) is 6.17. The van der Waals surface area contributed by atoms with Crippen molar-refractivity contribution in [2.24, 2.45) is 5.92 Å². The van der Waals surface area contributed by atoms with Crippen LogP contribution in [0, 0.1) is 19.8 Å². The van der Waals surface area contributed by atoms with Gasteiger partial charge in [-0.05, 0) is 31.7 Å². The molecule has 2 saturated heterocycles. The number of aromatic nitrogens is 2. The maximum absolute atomic E-state index is 13.0. The lowest BCUT2D eigenvalue weighted by Crippen LogP contribution is -2.59. The zero-order valence-electron chi connectivity index (χ0n) is 17.5. The van der Waals surface area contributed by atoms with E-state index in [1.165, 1.54) is 5.56 Å². The Hall–Kier alpha value is -2.51. The zero-order chi connectivity index (χ0) is 20.4. The number of hydrogen-bond acceptors (Lipinski definition) is 6. The molecule has 1 aromatic carbocycles. The van der Waals surface area contributed by atoms with E-state index in [-0.39, 0.29) is 17.1 Å². The normalized spacial score (nSPS) is 18.5. The van der Waals surface area contributed by atoms with Gasteiger partial charge in [-0.3, -0.25) is 15.6 Å². The molecule has 2 aromatic rings. The first-order chi connectivity index (χ1) is 14.0. The number of nitrogens with zero attached hydrogens (tertiary/aromatic N) is 3. The van der Waals surface area contributed by atoms with Gasteiger partial charge in [-0.15, -0.1) is 0 Å². The van der Waals surface area contributed by atoms with E-state index in [0.717, 1.165) is 43.1 Å². The summed E-state index contributed by atoms with van der Waals surface area (Å²) in [6, 6.07) is 10.4. The number of likely N-dealkylation sites (tertiary alicyclic amines) is 1. The van der Waals surface area contributed by atoms with Crippen molar-refractivity contribution in [2.45, 2.75) is 32.6 Å². The van der Waals surface area contributed by atoms with E-state index >= 15 is 0 Å². The number of carbonyl (C=O) groups excluding carboxylic acids is 1. The summed E-state index contributed by atoms with van der Waals surface area (Å²) in [5.74, 6) is 1.58. The maximum Gasteiger partial charge on any atom is 0.291 e. The molecule has 3 N–H and O–H groups in total. The van der Waals surface area contributed by atoms with Gasteiger partial charge in [0.2, 0.25) is 5.82 Å². The number of aryl methyl sites for hydroxylation is 1. The molecule has 0 unspecified atom stereocenters. The van der Waals surface area contributed by atoms with Crippen molar-refractivity contribution < 1.29 is 4.79 Å². The van der Waals surface area contributed by atoms with E-state index < -0.39 is 0 Å². The quantitative estimate of drug-likeness (QED) is 0.696. The second-order valence-corrected chi connectivity index (χ2v) is 8.54. The molecular weight excluding hydrogens is 364 g/mol. The molecule has 1 aromatic heterocycles. The largest absolute Gasteiger partial charge is 0.370 e. The van der Waals surface area contributed by atoms with Crippen LogP contribution in [0.3, 0.4) is 0 Å². The summed E-state index contributed by atoms with van der Waals surface area (Å²) in [6.45, 7) is 10.3. The highest BCUT2D eigenvalue weighted by Gasteiger charge is 2.43. The number of benzene rings is 1. The van der Waals surface area contributed by atoms with E-state index in [9.17, 15) is 4.79 Å². The predicted molar refractivity (Wildman–Crippen MR) is 114 cm³/mol. The summed E-state index contributed by atoms with van der Waals surface area (Å²) in [7, 11) is 0. The Morgan fingerprint density at radius 3 is 2.55 bits per heavy atom. The van der Waals surface area contributed by atoms with Crippen LogP contribution in [0.2, 0.25) is 0 Å². The molecular formula is C22H30N6O. The highest BCUT2D eigenvalue weighted by molar-refractivity contribution is 5.92. The lowest BCUT2D eigenvalue weighted by molar-refractivity contribution is 0.0421. The van der Waals surface area contributed by atoms with Crippen molar-refractivity contribution in [1.82, 2.24) is 25.7 Å². The lowest BCUT2D eigenvalue weighted by atomic mass is 9.75. The van der Waals surface area contributed by atoms with Crippen LogP contribution in [0.4, 0.5) is 5.82 Å². The highest BCUT2D eigenvalue weighted by Crippen LogP contribution is 2.34. The molecule has 0 aliphatic carbocycles. The van der Waals surface area contributed by atoms with Crippen LogP contribution in [0.25, 0.3) is 0 Å². The van der Waals surface area contributed by atoms with Crippen LogP contribution in [0.1, 0.15) is 40.8 Å². The van der Waals surface area contributed by atoms with E-state index in [4.69, 9.17) is 0 Å². The summed E-state index contributed by atoms with van der Waals surface area (Å²) >= 11 is 0. The van der Waals surface area contributed by atoms with Crippen LogP contribution in [-0.2, 0) is 5.41 Å². The van der Waals surface area contributed by atoms with Gasteiger partial charge in [0, 0.05) is 49.4 Å². The number of anilines is 1. The molecule has 0 atom stereocenters. The second kappa shape index (κ2) is 8.08. The van der Waals surface area contributed by atoms with Crippen LogP contribution in [0.5, 0.6) is 0 Å². The number of rotatable bonds is 6. The summed E-state index contributed by atoms with van der Waals surface area (Å²) in [4.78, 5) is 23.9. The summed E-state index contributed by atoms with van der Waals surface area (Å²) in [6.07, 6.45) is 1.05. The Kier molecular flexibility index (Phi) is 5.52. The molecule has 3 heterocycles. The Morgan fingerprint density at radius 2 is 1.86 bits per heavy atom. The van der Waals surface area contributed by atoms with E-state index in [0.29, 0.717) is 19.0 Å². The monoisotopic (exact) mass is 394 g/mol. The number of hydrazine groups is 1. The lowest BCUT2D eigenvalue weighted by Gasteiger charge is -2.48. The highest BCUT2D eigenvalue weighted by atomic mass is 16.2. The van der Waals surface area contributed by atoms with Crippen molar-refractivity contribution in [3.8, 4) is 0 Å². The first-order valence-corrected chi connectivity index (χ1v) is 10.4. The van der Waals surface area contributed by atoms with Gasteiger partial charge >= 0.3 is 0 Å². The molecule has 2 aliphatic heterocycles. The molecule has 7 heteroatoms. The standard InChI is InChI=1S/C22H30N6O/c1-15-16(2)26-20(27-19(15)23-10-9-17-11-24-25-12-17)21(29)28-13-22(3,14-28)18-7-5-4-6-8-18/h4-8,17,24-25H,9-14H2,1-3H3,(H,23,26,27). The van der Waals surface area contributed by atoms with E-state index in [1.807, 2.05) is 36.9 Å². The summed E-state index contributed by atoms with van der Waals surface area (Å²) in [5, 5.41) is 3.42. The average Bonchev–Trinajstić information content (AvgIpc) is 3.22. The minimum absolute atomic E-state index is 0.00109. The fraction of sp³-hybridized carbons (Fsp3) is 0.500. The molecule has 2 aliphatic rings. The molecule has 0 radical (unpaired) electrons. The van der Waals surface area contributed by atoms with Gasteiger partial charge in [-0.2, -0.15) is 0 Å². The van der Waals surface area contributed by atoms with Crippen molar-refractivity contribution in [1.29, 1.82) is 0 Å². The Labute approximate surface area is 172 Å². The maximum atomic E-state index is 13.0. The summed E-state index contributed by atoms with van der Waals surface area (Å²) < 4.78 is 0. The number of hydrogen-bond donors (Lipinski definition) is 3. The second-order valence-electron chi connectivity index (χ2n) is 8.54. The van der Waals surface area contributed by atoms with Crippen LogP contribution < -0.4 is 16.2 Å². The predicted octanol–water partition coefficient (Wildman–Crippen LogP) is 2.03. The molecule has 1 amide bonds. The SMILES string of the molecule is Cc1nc(C(=O)N2CC(C)(c3ccccc3)C2)nc(NCCC2CNNC2)c1C. The molecule has 4 rings (SSSR count). The topological polar surface area (TPSA) is 82.2 Å². The fourth-order valence-electron chi connectivity index (χ4n) is 4.10. The third kappa shape index (κ3) is 4.11. The Balaban J connectivity index is 1.41. The molecule has 154 valence electrons. The molecule has 2 fully saturated rings. The smallest absolute Gasteiger partial charge is 0.291 e. The molecule has 29 heavy (non-hydrogen) atoms. The van der Waals surface area contributed by atoms with Gasteiger partial charge in [0.1, 0.15) is 5.82 Å². The first-order valence-electron chi connectivity index (χ1n) is 10.4. The van der Waals surface area contributed by atoms with Crippen molar-refractivity contribution >= 4 is 11.7 Å². The molecule has 0 bridgehead atoms. The minimum atomic E-state index is -0.0891. The molecule has 7 nitrogen and oxygen atoms in total. The van der Waals surface area contributed by atoms with E-state index in [2.05, 4.69) is 45.2 Å². The third-order valence-electron chi connectivity index (χ3n) is 6.17. The zero-order valence-corrected chi connectivity index (χ0v) is 17.5. The Morgan fingerprint density at radius 1 is 1.17 bits per heavy atom. The van der Waals surface area contributed by atoms with Crippen LogP contribution >= 0.6 is 0 Å². The van der Waals surface area contributed by atoms with E-state index in [1.54, 1.807) is 0 Å². The van der Waals surface area contributed by atoms with Gasteiger partial charge in [0.25, 0.3) is 5.91 Å². The van der Waals surface area contributed by atoms with Crippen LogP contribution in [-0.4, -0.2) is 53.5 Å². The number of nitrogens with one attached hydrogen (secondary N) is 3. The average molecular weight is 395 g/mol. The van der Waals surface area contributed by atoms with Crippen LogP contribution in [0.15, 0.2) is 30.3 Å². The van der Waals surface area contributed by atoms with Gasteiger partial charge < -0.3 is 10.2 Å². The molecule has 0 spiro atoms. The number of carbonyl (C=O) groups is 1. The van der Waals surface area contributed by atoms with Crippen molar-refractivity contribution in [3.05, 3.63) is 53.0 Å². The van der Waals surface area contributed by atoms with Gasteiger partial charge in [0.15, 0.2) is 0 Å². The minimum Gasteiger partial charge on any atom is -0.370 e. The van der Waals surface area contributed by atoms with Gasteiger partial charge in [-0.25, -0.2) is 9.97 Å². The molecule has 0 saturated carbocycles. The van der Waals surface area contributed by atoms with Crippen molar-refractivity contribution in [2.75, 3.05) is 38.0 Å².